The molecule has 7 nitrogen and oxygen atoms in total. The van der Waals surface area contributed by atoms with Crippen molar-refractivity contribution in [3.05, 3.63) is 0 Å². The molecule has 0 unspecified atom stereocenters. The number of methoxy groups -OCH3 is 1. The van der Waals surface area contributed by atoms with Gasteiger partial charge in [-0.05, 0) is 0 Å². The van der Waals surface area contributed by atoms with Crippen molar-refractivity contribution in [2.75, 3.05) is 39.8 Å². The van der Waals surface area contributed by atoms with E-state index in [1.165, 1.54) is 11.4 Å². The normalized spacial score (nSPS) is 18.7. The Morgan fingerprint density at radius 3 is 2.60 bits per heavy atom. The van der Waals surface area contributed by atoms with E-state index >= 15 is 0 Å². The molecule has 1 saturated heterocycles. The highest BCUT2D eigenvalue weighted by molar-refractivity contribution is 7.87. The first-order valence-corrected chi connectivity index (χ1v) is 6.02. The molecule has 8 heteroatoms. The van der Waals surface area contributed by atoms with Crippen LogP contribution in [0.15, 0.2) is 0 Å². The Balaban J connectivity index is 2.46. The summed E-state index contributed by atoms with van der Waals surface area (Å²) in [6.45, 7) is 1.74. The number of piperazine rings is 1. The van der Waals surface area contributed by atoms with Crippen molar-refractivity contribution < 1.29 is 17.9 Å². The molecule has 0 aromatic carbocycles. The summed E-state index contributed by atoms with van der Waals surface area (Å²) in [5.74, 6) is -0.603. The Labute approximate surface area is 89.0 Å². The van der Waals surface area contributed by atoms with Crippen LogP contribution in [0.1, 0.15) is 0 Å². The fourth-order valence-corrected chi connectivity index (χ4v) is 2.34. The lowest BCUT2D eigenvalue weighted by atomic mass is 10.4. The summed E-state index contributed by atoms with van der Waals surface area (Å²) in [6, 6.07) is 0. The maximum Gasteiger partial charge on any atom is 0.320 e. The summed E-state index contributed by atoms with van der Waals surface area (Å²) in [4.78, 5) is 10.8. The summed E-state index contributed by atoms with van der Waals surface area (Å²) >= 11 is 0. The smallest absolute Gasteiger partial charge is 0.320 e. The van der Waals surface area contributed by atoms with Crippen molar-refractivity contribution in [2.24, 2.45) is 0 Å². The van der Waals surface area contributed by atoms with Crippen molar-refractivity contribution >= 4 is 16.2 Å². The molecule has 88 valence electrons. The van der Waals surface area contributed by atoms with Gasteiger partial charge in [0.05, 0.1) is 7.11 Å². The highest BCUT2D eigenvalue weighted by Gasteiger charge is 2.23. The zero-order chi connectivity index (χ0) is 11.3. The van der Waals surface area contributed by atoms with E-state index in [1.807, 2.05) is 0 Å². The summed E-state index contributed by atoms with van der Waals surface area (Å²) < 4.78 is 31.0. The number of nitrogens with one attached hydrogen (secondary N) is 2. The zero-order valence-electron chi connectivity index (χ0n) is 8.52. The second-order valence-electron chi connectivity index (χ2n) is 3.05. The van der Waals surface area contributed by atoms with Crippen molar-refractivity contribution in [3.8, 4) is 0 Å². The Bertz CT molecular complexity index is 310. The predicted octanol–water partition coefficient (Wildman–Crippen LogP) is -2.10. The average molecular weight is 237 g/mol. The van der Waals surface area contributed by atoms with Gasteiger partial charge < -0.3 is 10.1 Å². The van der Waals surface area contributed by atoms with Crippen LogP contribution in [0.5, 0.6) is 0 Å². The fourth-order valence-electron chi connectivity index (χ4n) is 1.20. The number of ether oxygens (including phenoxy) is 1. The number of carbonyl (C=O) groups excluding carboxylic acids is 1. The van der Waals surface area contributed by atoms with E-state index in [0.29, 0.717) is 26.2 Å². The number of carbonyl (C=O) groups is 1. The van der Waals surface area contributed by atoms with E-state index in [2.05, 4.69) is 14.8 Å². The monoisotopic (exact) mass is 237 g/mol. The van der Waals surface area contributed by atoms with Gasteiger partial charge in [-0.25, -0.2) is 0 Å². The third-order valence-electron chi connectivity index (χ3n) is 2.04. The number of nitrogens with zero attached hydrogens (tertiary/aromatic N) is 1. The molecule has 0 amide bonds. The van der Waals surface area contributed by atoms with Crippen molar-refractivity contribution in [3.63, 3.8) is 0 Å². The lowest BCUT2D eigenvalue weighted by Crippen LogP contribution is -2.51. The van der Waals surface area contributed by atoms with Crippen LogP contribution in [-0.4, -0.2) is 58.5 Å². The van der Waals surface area contributed by atoms with Gasteiger partial charge >= 0.3 is 5.97 Å². The Hall–Kier alpha value is -0.700. The Morgan fingerprint density at radius 2 is 2.07 bits per heavy atom. The molecule has 0 atom stereocenters. The molecule has 0 aromatic rings. The van der Waals surface area contributed by atoms with Crippen LogP contribution >= 0.6 is 0 Å². The second-order valence-corrected chi connectivity index (χ2v) is 4.81. The molecule has 1 heterocycles. The van der Waals surface area contributed by atoms with Crippen LogP contribution in [0.25, 0.3) is 0 Å². The molecule has 0 spiro atoms. The maximum atomic E-state index is 11.6. The molecule has 0 radical (unpaired) electrons. The molecular formula is C7H15N3O4S. The fraction of sp³-hybridized carbons (Fsp3) is 0.857. The minimum absolute atomic E-state index is 0.331. The van der Waals surface area contributed by atoms with Crippen molar-refractivity contribution in [1.82, 2.24) is 14.3 Å². The summed E-state index contributed by atoms with van der Waals surface area (Å²) in [6.07, 6.45) is 0. The Kier molecular flexibility index (Phi) is 4.45. The number of rotatable bonds is 4. The molecule has 2 N–H and O–H groups in total. The molecule has 0 aromatic heterocycles. The van der Waals surface area contributed by atoms with Gasteiger partial charge in [0.25, 0.3) is 10.2 Å². The van der Waals surface area contributed by atoms with Crippen LogP contribution in [0.3, 0.4) is 0 Å². The largest absolute Gasteiger partial charge is 0.468 e. The van der Waals surface area contributed by atoms with Crippen LogP contribution in [0.4, 0.5) is 0 Å². The van der Waals surface area contributed by atoms with Gasteiger partial charge in [-0.3, -0.25) is 4.79 Å². The van der Waals surface area contributed by atoms with Crippen LogP contribution in [0, 0.1) is 0 Å². The molecule has 15 heavy (non-hydrogen) atoms. The van der Waals surface area contributed by atoms with E-state index in [1.54, 1.807) is 0 Å². The van der Waals surface area contributed by atoms with Crippen LogP contribution in [-0.2, 0) is 19.7 Å². The summed E-state index contributed by atoms with van der Waals surface area (Å²) in [7, 11) is -2.34. The van der Waals surface area contributed by atoms with Gasteiger partial charge in [0.1, 0.15) is 6.54 Å². The van der Waals surface area contributed by atoms with E-state index in [9.17, 15) is 13.2 Å². The summed E-state index contributed by atoms with van der Waals surface area (Å²) in [5, 5.41) is 3.04. The van der Waals surface area contributed by atoms with Gasteiger partial charge in [-0.2, -0.15) is 17.4 Å². The minimum Gasteiger partial charge on any atom is -0.468 e. The Morgan fingerprint density at radius 1 is 1.47 bits per heavy atom. The van der Waals surface area contributed by atoms with Crippen molar-refractivity contribution in [2.45, 2.75) is 0 Å². The number of hydrogen-bond acceptors (Lipinski definition) is 5. The number of esters is 1. The lowest BCUT2D eigenvalue weighted by molar-refractivity contribution is -0.139. The second kappa shape index (κ2) is 5.40. The topological polar surface area (TPSA) is 87.7 Å². The molecule has 0 saturated carbocycles. The SMILES string of the molecule is COC(=O)CNS(=O)(=O)N1CCNCC1. The van der Waals surface area contributed by atoms with Gasteiger partial charge in [-0.1, -0.05) is 0 Å². The van der Waals surface area contributed by atoms with E-state index in [-0.39, 0.29) is 6.54 Å². The predicted molar refractivity (Wildman–Crippen MR) is 53.4 cm³/mol. The minimum atomic E-state index is -3.55. The molecule has 1 fully saturated rings. The van der Waals surface area contributed by atoms with Crippen LogP contribution in [0.2, 0.25) is 0 Å². The molecule has 1 aliphatic heterocycles. The third-order valence-corrected chi connectivity index (χ3v) is 3.60. The first-order chi connectivity index (χ1) is 7.06. The molecule has 0 aliphatic carbocycles. The van der Waals surface area contributed by atoms with E-state index in [4.69, 9.17) is 0 Å². The zero-order valence-corrected chi connectivity index (χ0v) is 9.34. The molecule has 1 aliphatic rings. The summed E-state index contributed by atoms with van der Waals surface area (Å²) in [5.41, 5.74) is 0. The number of hydrogen-bond donors (Lipinski definition) is 2. The molecule has 1 rings (SSSR count). The average Bonchev–Trinajstić information content (AvgIpc) is 2.27. The standard InChI is InChI=1S/C7H15N3O4S/c1-14-7(11)6-9-15(12,13)10-4-2-8-3-5-10/h8-9H,2-6H2,1H3. The maximum absolute atomic E-state index is 11.6. The highest BCUT2D eigenvalue weighted by atomic mass is 32.2. The van der Waals surface area contributed by atoms with Gasteiger partial charge in [-0.15, -0.1) is 0 Å². The van der Waals surface area contributed by atoms with Gasteiger partial charge in [0, 0.05) is 26.2 Å². The quantitative estimate of drug-likeness (QED) is 0.547. The lowest BCUT2D eigenvalue weighted by Gasteiger charge is -2.26. The first kappa shape index (κ1) is 12.4. The highest BCUT2D eigenvalue weighted by Crippen LogP contribution is 1.99. The van der Waals surface area contributed by atoms with Gasteiger partial charge in [0.15, 0.2) is 0 Å². The van der Waals surface area contributed by atoms with Crippen LogP contribution < -0.4 is 10.0 Å². The van der Waals surface area contributed by atoms with E-state index in [0.717, 1.165) is 0 Å². The van der Waals surface area contributed by atoms with E-state index < -0.39 is 16.2 Å². The molecular weight excluding hydrogens is 222 g/mol. The first-order valence-electron chi connectivity index (χ1n) is 4.58. The molecule has 0 bridgehead atoms. The third kappa shape index (κ3) is 3.74. The van der Waals surface area contributed by atoms with Crippen molar-refractivity contribution in [1.29, 1.82) is 0 Å². The van der Waals surface area contributed by atoms with Gasteiger partial charge in [0.2, 0.25) is 0 Å².